The van der Waals surface area contributed by atoms with Crippen molar-refractivity contribution < 1.29 is 14.3 Å². The molecule has 1 aliphatic carbocycles. The lowest BCUT2D eigenvalue weighted by atomic mass is 9.67. The Labute approximate surface area is 230 Å². The number of hydrogen-bond donors (Lipinski definition) is 1. The summed E-state index contributed by atoms with van der Waals surface area (Å²) in [6.07, 6.45) is 8.05. The molecule has 0 saturated heterocycles. The number of benzene rings is 2. The van der Waals surface area contributed by atoms with Gasteiger partial charge in [-0.3, -0.25) is 9.59 Å². The van der Waals surface area contributed by atoms with Gasteiger partial charge in [0, 0.05) is 18.9 Å². The standard InChI is InChI=1S/C33H37N3O3/c1-4-39-32(38)33(2,3)28-17-14-25(15-18-28)24-10-12-26(13-11-24)27-16-19-30-35-29(22-36(30)21-27)31(37)34-20-23-8-6-5-7-9-23/h5-13,16,19,21-22,25,28H,4,14-15,17-18,20H2,1-3H3,(H,34,37). The molecule has 2 aromatic carbocycles. The van der Waals surface area contributed by atoms with Gasteiger partial charge in [-0.2, -0.15) is 0 Å². The van der Waals surface area contributed by atoms with Gasteiger partial charge in [0.15, 0.2) is 0 Å². The molecule has 1 saturated carbocycles. The predicted octanol–water partition coefficient (Wildman–Crippen LogP) is 6.79. The quantitative estimate of drug-likeness (QED) is 0.258. The van der Waals surface area contributed by atoms with Gasteiger partial charge in [0.2, 0.25) is 0 Å². The Bertz CT molecular complexity index is 1430. The van der Waals surface area contributed by atoms with Crippen LogP contribution < -0.4 is 5.32 Å². The van der Waals surface area contributed by atoms with E-state index in [1.807, 2.05) is 73.8 Å². The summed E-state index contributed by atoms with van der Waals surface area (Å²) >= 11 is 0. The molecule has 0 bridgehead atoms. The summed E-state index contributed by atoms with van der Waals surface area (Å²) in [6, 6.07) is 22.7. The van der Waals surface area contributed by atoms with E-state index in [1.54, 1.807) is 6.20 Å². The second-order valence-corrected chi connectivity index (χ2v) is 11.1. The van der Waals surface area contributed by atoms with Gasteiger partial charge in [-0.15, -0.1) is 0 Å². The highest BCUT2D eigenvalue weighted by Crippen LogP contribution is 2.44. The lowest BCUT2D eigenvalue weighted by Gasteiger charge is -2.37. The van der Waals surface area contributed by atoms with Gasteiger partial charge >= 0.3 is 5.97 Å². The van der Waals surface area contributed by atoms with Crippen LogP contribution in [0.3, 0.4) is 0 Å². The molecule has 6 nitrogen and oxygen atoms in total. The van der Waals surface area contributed by atoms with Crippen LogP contribution in [-0.4, -0.2) is 27.9 Å². The Kier molecular flexibility index (Phi) is 7.82. The number of hydrogen-bond acceptors (Lipinski definition) is 4. The van der Waals surface area contributed by atoms with Gasteiger partial charge in [0.1, 0.15) is 11.3 Å². The van der Waals surface area contributed by atoms with E-state index < -0.39 is 5.41 Å². The van der Waals surface area contributed by atoms with Crippen molar-refractivity contribution in [2.24, 2.45) is 11.3 Å². The summed E-state index contributed by atoms with van der Waals surface area (Å²) in [5.74, 6) is 0.613. The first kappa shape index (κ1) is 26.7. The molecule has 0 spiro atoms. The average molecular weight is 524 g/mol. The number of aromatic nitrogens is 2. The molecule has 0 atom stereocenters. The fraction of sp³-hybridized carbons (Fsp3) is 0.364. The zero-order chi connectivity index (χ0) is 27.4. The average Bonchev–Trinajstić information content (AvgIpc) is 3.40. The van der Waals surface area contributed by atoms with Crippen LogP contribution in [0.15, 0.2) is 79.1 Å². The van der Waals surface area contributed by atoms with E-state index in [4.69, 9.17) is 4.74 Å². The lowest BCUT2D eigenvalue weighted by Crippen LogP contribution is -2.36. The summed E-state index contributed by atoms with van der Waals surface area (Å²) in [7, 11) is 0. The molecule has 5 rings (SSSR count). The summed E-state index contributed by atoms with van der Waals surface area (Å²) < 4.78 is 7.24. The molecule has 1 fully saturated rings. The van der Waals surface area contributed by atoms with Crippen LogP contribution in [-0.2, 0) is 16.1 Å². The first-order valence-corrected chi connectivity index (χ1v) is 13.9. The van der Waals surface area contributed by atoms with Gasteiger partial charge in [0.05, 0.1) is 12.0 Å². The molecule has 2 aromatic heterocycles. The zero-order valence-corrected chi connectivity index (χ0v) is 23.0. The topological polar surface area (TPSA) is 72.7 Å². The number of carbonyl (C=O) groups is 2. The third-order valence-electron chi connectivity index (χ3n) is 8.24. The van der Waals surface area contributed by atoms with Crippen LogP contribution in [0, 0.1) is 11.3 Å². The highest BCUT2D eigenvalue weighted by Gasteiger charge is 2.40. The second kappa shape index (κ2) is 11.4. The van der Waals surface area contributed by atoms with Crippen molar-refractivity contribution in [2.75, 3.05) is 6.61 Å². The highest BCUT2D eigenvalue weighted by molar-refractivity contribution is 5.92. The van der Waals surface area contributed by atoms with Crippen molar-refractivity contribution in [1.29, 1.82) is 0 Å². The first-order chi connectivity index (χ1) is 18.8. The van der Waals surface area contributed by atoms with Gasteiger partial charge in [0.25, 0.3) is 5.91 Å². The maximum absolute atomic E-state index is 12.7. The van der Waals surface area contributed by atoms with Crippen LogP contribution in [0.2, 0.25) is 0 Å². The molecule has 39 heavy (non-hydrogen) atoms. The molecule has 4 aromatic rings. The molecule has 202 valence electrons. The largest absolute Gasteiger partial charge is 0.466 e. The van der Waals surface area contributed by atoms with Crippen LogP contribution in [0.5, 0.6) is 0 Å². The minimum absolute atomic E-state index is 0.0763. The normalized spacial score (nSPS) is 17.6. The highest BCUT2D eigenvalue weighted by atomic mass is 16.5. The van der Waals surface area contributed by atoms with Crippen molar-refractivity contribution in [1.82, 2.24) is 14.7 Å². The Hall–Kier alpha value is -3.93. The predicted molar refractivity (Wildman–Crippen MR) is 153 cm³/mol. The van der Waals surface area contributed by atoms with Crippen molar-refractivity contribution in [2.45, 2.75) is 58.9 Å². The maximum atomic E-state index is 12.7. The second-order valence-electron chi connectivity index (χ2n) is 11.1. The number of esters is 1. The number of nitrogens with zero attached hydrogens (tertiary/aromatic N) is 2. The number of rotatable bonds is 8. The molecular formula is C33H37N3O3. The van der Waals surface area contributed by atoms with Gasteiger partial charge in [-0.1, -0.05) is 54.6 Å². The number of ether oxygens (including phenoxy) is 1. The monoisotopic (exact) mass is 523 g/mol. The van der Waals surface area contributed by atoms with Crippen molar-refractivity contribution >= 4 is 17.5 Å². The number of carbonyl (C=O) groups excluding carboxylic acids is 2. The third-order valence-corrected chi connectivity index (χ3v) is 8.24. The molecule has 0 radical (unpaired) electrons. The molecule has 0 unspecified atom stereocenters. The molecule has 1 N–H and O–H groups in total. The fourth-order valence-electron chi connectivity index (χ4n) is 5.72. The van der Waals surface area contributed by atoms with Crippen molar-refractivity contribution in [3.63, 3.8) is 0 Å². The van der Waals surface area contributed by atoms with E-state index in [2.05, 4.69) is 34.6 Å². The van der Waals surface area contributed by atoms with E-state index in [-0.39, 0.29) is 11.9 Å². The maximum Gasteiger partial charge on any atom is 0.311 e. The summed E-state index contributed by atoms with van der Waals surface area (Å²) in [6.45, 7) is 6.83. The van der Waals surface area contributed by atoms with Crippen LogP contribution in [0.4, 0.5) is 0 Å². The van der Waals surface area contributed by atoms with E-state index in [1.165, 1.54) is 5.56 Å². The summed E-state index contributed by atoms with van der Waals surface area (Å²) in [5, 5.41) is 2.94. The molecule has 6 heteroatoms. The number of imidazole rings is 1. The summed E-state index contributed by atoms with van der Waals surface area (Å²) in [5.41, 5.74) is 5.31. The minimum Gasteiger partial charge on any atom is -0.466 e. The number of amides is 1. The van der Waals surface area contributed by atoms with E-state index in [0.29, 0.717) is 30.7 Å². The van der Waals surface area contributed by atoms with E-state index in [9.17, 15) is 9.59 Å². The number of fused-ring (bicyclic) bond motifs is 1. The van der Waals surface area contributed by atoms with Gasteiger partial charge in [-0.25, -0.2) is 4.98 Å². The van der Waals surface area contributed by atoms with Crippen LogP contribution in [0.25, 0.3) is 16.8 Å². The molecular weight excluding hydrogens is 486 g/mol. The van der Waals surface area contributed by atoms with E-state index >= 15 is 0 Å². The van der Waals surface area contributed by atoms with Gasteiger partial charge < -0.3 is 14.5 Å². The minimum atomic E-state index is -0.431. The molecule has 0 aliphatic heterocycles. The summed E-state index contributed by atoms with van der Waals surface area (Å²) in [4.78, 5) is 29.6. The number of pyridine rings is 1. The smallest absolute Gasteiger partial charge is 0.311 e. The fourth-order valence-corrected chi connectivity index (χ4v) is 5.72. The van der Waals surface area contributed by atoms with Crippen molar-refractivity contribution in [3.05, 3.63) is 95.9 Å². The van der Waals surface area contributed by atoms with E-state index in [0.717, 1.165) is 48.0 Å². The Morgan fingerprint density at radius 2 is 1.62 bits per heavy atom. The lowest BCUT2D eigenvalue weighted by molar-refractivity contribution is -0.157. The SMILES string of the molecule is CCOC(=O)C(C)(C)C1CCC(c2ccc(-c3ccc4nc(C(=O)NCc5ccccc5)cn4c3)cc2)CC1. The molecule has 1 aliphatic rings. The Morgan fingerprint density at radius 3 is 2.31 bits per heavy atom. The Morgan fingerprint density at radius 1 is 0.923 bits per heavy atom. The van der Waals surface area contributed by atoms with Gasteiger partial charge in [-0.05, 0) is 92.7 Å². The number of nitrogens with one attached hydrogen (secondary N) is 1. The first-order valence-electron chi connectivity index (χ1n) is 13.9. The Balaban J connectivity index is 1.22. The van der Waals surface area contributed by atoms with Crippen molar-refractivity contribution in [3.8, 4) is 11.1 Å². The third kappa shape index (κ3) is 5.90. The molecule has 1 amide bonds. The van der Waals surface area contributed by atoms with Crippen LogP contribution in [0.1, 0.15) is 74.0 Å². The molecule has 2 heterocycles. The van der Waals surface area contributed by atoms with Crippen LogP contribution >= 0.6 is 0 Å². The zero-order valence-electron chi connectivity index (χ0n) is 23.0.